The lowest BCUT2D eigenvalue weighted by Crippen LogP contribution is -2.31. The van der Waals surface area contributed by atoms with Gasteiger partial charge in [-0.25, -0.2) is 0 Å². The first-order valence-electron chi connectivity index (χ1n) is 6.14. The molecule has 88 valence electrons. The minimum absolute atomic E-state index is 0.143. The first-order chi connectivity index (χ1) is 7.00. The van der Waals surface area contributed by atoms with E-state index < -0.39 is 0 Å². The molecule has 0 saturated heterocycles. The monoisotopic (exact) mass is 212 g/mol. The number of esters is 1. The Morgan fingerprint density at radius 1 is 1.40 bits per heavy atom. The Bertz CT molecular complexity index is 211. The van der Waals surface area contributed by atoms with Gasteiger partial charge in [-0.05, 0) is 36.5 Å². The molecule has 3 atom stereocenters. The Kier molecular flexibility index (Phi) is 4.62. The van der Waals surface area contributed by atoms with Gasteiger partial charge in [0.1, 0.15) is 0 Å². The van der Waals surface area contributed by atoms with Crippen LogP contribution in [-0.2, 0) is 9.53 Å². The van der Waals surface area contributed by atoms with Gasteiger partial charge < -0.3 is 4.74 Å². The van der Waals surface area contributed by atoms with Gasteiger partial charge in [-0.3, -0.25) is 4.79 Å². The highest BCUT2D eigenvalue weighted by Crippen LogP contribution is 2.37. The van der Waals surface area contributed by atoms with Gasteiger partial charge in [-0.1, -0.05) is 27.2 Å². The molecule has 2 heteroatoms. The van der Waals surface area contributed by atoms with Gasteiger partial charge in [0.15, 0.2) is 0 Å². The van der Waals surface area contributed by atoms with Crippen molar-refractivity contribution in [2.45, 2.75) is 47.0 Å². The van der Waals surface area contributed by atoms with Crippen molar-refractivity contribution >= 4 is 5.97 Å². The highest BCUT2D eigenvalue weighted by Gasteiger charge is 2.31. The van der Waals surface area contributed by atoms with E-state index in [1.165, 1.54) is 26.2 Å². The maximum absolute atomic E-state index is 10.8. The summed E-state index contributed by atoms with van der Waals surface area (Å²) in [6.45, 7) is 8.99. The zero-order valence-electron chi connectivity index (χ0n) is 10.5. The van der Waals surface area contributed by atoms with E-state index in [1.54, 1.807) is 0 Å². The third kappa shape index (κ3) is 3.84. The van der Waals surface area contributed by atoms with E-state index in [1.807, 2.05) is 0 Å². The van der Waals surface area contributed by atoms with Crippen LogP contribution in [0.1, 0.15) is 47.0 Å². The fraction of sp³-hybridized carbons (Fsp3) is 0.923. The van der Waals surface area contributed by atoms with Gasteiger partial charge in [0.05, 0.1) is 6.61 Å². The van der Waals surface area contributed by atoms with Crippen LogP contribution in [0.2, 0.25) is 0 Å². The summed E-state index contributed by atoms with van der Waals surface area (Å²) in [6, 6.07) is 0. The van der Waals surface area contributed by atoms with E-state index >= 15 is 0 Å². The maximum Gasteiger partial charge on any atom is 0.302 e. The summed E-state index contributed by atoms with van der Waals surface area (Å²) in [5.74, 6) is 2.67. The molecule has 0 radical (unpaired) electrons. The fourth-order valence-corrected chi connectivity index (χ4v) is 2.82. The molecule has 0 aromatic heterocycles. The number of carbonyl (C=O) groups excluding carboxylic acids is 1. The predicted molar refractivity (Wildman–Crippen MR) is 61.5 cm³/mol. The van der Waals surface area contributed by atoms with Crippen molar-refractivity contribution in [2.24, 2.45) is 23.7 Å². The van der Waals surface area contributed by atoms with E-state index in [4.69, 9.17) is 4.74 Å². The van der Waals surface area contributed by atoms with Gasteiger partial charge in [0.25, 0.3) is 0 Å². The molecule has 3 unspecified atom stereocenters. The molecule has 1 rings (SSSR count). The quantitative estimate of drug-likeness (QED) is 0.671. The Labute approximate surface area is 93.4 Å². The summed E-state index contributed by atoms with van der Waals surface area (Å²) >= 11 is 0. The number of carbonyl (C=O) groups is 1. The molecule has 0 aromatic rings. The Morgan fingerprint density at radius 2 is 2.07 bits per heavy atom. The van der Waals surface area contributed by atoms with Crippen molar-refractivity contribution in [3.8, 4) is 0 Å². The Hall–Kier alpha value is -0.530. The molecule has 0 spiro atoms. The van der Waals surface area contributed by atoms with E-state index in [0.29, 0.717) is 18.4 Å². The van der Waals surface area contributed by atoms with Crippen LogP contribution in [0, 0.1) is 23.7 Å². The molecule has 1 aliphatic rings. The smallest absolute Gasteiger partial charge is 0.302 e. The van der Waals surface area contributed by atoms with Gasteiger partial charge in [-0.15, -0.1) is 0 Å². The molecule has 1 fully saturated rings. The molecule has 0 heterocycles. The van der Waals surface area contributed by atoms with Crippen molar-refractivity contribution < 1.29 is 9.53 Å². The van der Waals surface area contributed by atoms with Gasteiger partial charge in [0, 0.05) is 6.92 Å². The minimum Gasteiger partial charge on any atom is -0.466 e. The SMILES string of the molecule is CC(=O)OCC1CC(C)CCC1C(C)C. The Morgan fingerprint density at radius 3 is 2.60 bits per heavy atom. The molecule has 1 saturated carbocycles. The lowest BCUT2D eigenvalue weighted by atomic mass is 9.70. The minimum atomic E-state index is -0.143. The van der Waals surface area contributed by atoms with Crippen LogP contribution in [0.15, 0.2) is 0 Å². The van der Waals surface area contributed by atoms with Crippen LogP contribution in [0.3, 0.4) is 0 Å². The first kappa shape index (κ1) is 12.5. The predicted octanol–water partition coefficient (Wildman–Crippen LogP) is 3.26. The molecule has 15 heavy (non-hydrogen) atoms. The summed E-state index contributed by atoms with van der Waals surface area (Å²) < 4.78 is 5.17. The lowest BCUT2D eigenvalue weighted by Gasteiger charge is -2.36. The fourth-order valence-electron chi connectivity index (χ4n) is 2.82. The van der Waals surface area contributed by atoms with Gasteiger partial charge in [0.2, 0.25) is 0 Å². The summed E-state index contributed by atoms with van der Waals surface area (Å²) in [7, 11) is 0. The molecule has 0 aliphatic heterocycles. The summed E-state index contributed by atoms with van der Waals surface area (Å²) in [4.78, 5) is 10.8. The molecule has 0 amide bonds. The number of rotatable bonds is 3. The summed E-state index contributed by atoms with van der Waals surface area (Å²) in [5, 5.41) is 0. The molecule has 2 nitrogen and oxygen atoms in total. The second kappa shape index (κ2) is 5.53. The average Bonchev–Trinajstić information content (AvgIpc) is 2.14. The number of hydrogen-bond donors (Lipinski definition) is 0. The molecular formula is C13H24O2. The zero-order valence-corrected chi connectivity index (χ0v) is 10.5. The molecule has 0 bridgehead atoms. The van der Waals surface area contributed by atoms with Crippen LogP contribution in [0.4, 0.5) is 0 Å². The standard InChI is InChI=1S/C13H24O2/c1-9(2)13-6-5-10(3)7-12(13)8-15-11(4)14/h9-10,12-13H,5-8H2,1-4H3. The average molecular weight is 212 g/mol. The first-order valence-corrected chi connectivity index (χ1v) is 6.14. The van der Waals surface area contributed by atoms with Crippen LogP contribution < -0.4 is 0 Å². The number of hydrogen-bond acceptors (Lipinski definition) is 2. The largest absolute Gasteiger partial charge is 0.466 e. The second-order valence-electron chi connectivity index (χ2n) is 5.39. The van der Waals surface area contributed by atoms with Crippen molar-refractivity contribution in [1.82, 2.24) is 0 Å². The van der Waals surface area contributed by atoms with Crippen LogP contribution in [0.25, 0.3) is 0 Å². The van der Waals surface area contributed by atoms with Crippen LogP contribution in [-0.4, -0.2) is 12.6 Å². The zero-order chi connectivity index (χ0) is 11.4. The highest BCUT2D eigenvalue weighted by molar-refractivity contribution is 5.65. The summed E-state index contributed by atoms with van der Waals surface area (Å²) in [5.41, 5.74) is 0. The molecule has 1 aliphatic carbocycles. The molecule has 0 aromatic carbocycles. The summed E-state index contributed by atoms with van der Waals surface area (Å²) in [6.07, 6.45) is 3.85. The van der Waals surface area contributed by atoms with Crippen molar-refractivity contribution in [2.75, 3.05) is 6.61 Å². The van der Waals surface area contributed by atoms with Crippen molar-refractivity contribution in [3.63, 3.8) is 0 Å². The van der Waals surface area contributed by atoms with Gasteiger partial charge in [-0.2, -0.15) is 0 Å². The van der Waals surface area contributed by atoms with Crippen molar-refractivity contribution in [1.29, 1.82) is 0 Å². The normalized spacial score (nSPS) is 31.7. The van der Waals surface area contributed by atoms with E-state index in [2.05, 4.69) is 20.8 Å². The molecular weight excluding hydrogens is 188 g/mol. The van der Waals surface area contributed by atoms with Crippen molar-refractivity contribution in [3.05, 3.63) is 0 Å². The highest BCUT2D eigenvalue weighted by atomic mass is 16.5. The van der Waals surface area contributed by atoms with E-state index in [0.717, 1.165) is 11.8 Å². The Balaban J connectivity index is 2.50. The lowest BCUT2D eigenvalue weighted by molar-refractivity contribution is -0.143. The topological polar surface area (TPSA) is 26.3 Å². The van der Waals surface area contributed by atoms with Gasteiger partial charge >= 0.3 is 5.97 Å². The van der Waals surface area contributed by atoms with Crippen LogP contribution >= 0.6 is 0 Å². The molecule has 0 N–H and O–H groups in total. The second-order valence-corrected chi connectivity index (χ2v) is 5.39. The maximum atomic E-state index is 10.8. The third-order valence-electron chi connectivity index (χ3n) is 3.66. The van der Waals surface area contributed by atoms with Crippen LogP contribution in [0.5, 0.6) is 0 Å². The number of ether oxygens (including phenoxy) is 1. The van der Waals surface area contributed by atoms with E-state index in [-0.39, 0.29) is 5.97 Å². The van der Waals surface area contributed by atoms with E-state index in [9.17, 15) is 4.79 Å². The third-order valence-corrected chi connectivity index (χ3v) is 3.66.